The van der Waals surface area contributed by atoms with Gasteiger partial charge in [-0.3, -0.25) is 0 Å². The molecule has 0 aromatic carbocycles. The summed E-state index contributed by atoms with van der Waals surface area (Å²) in [5, 5.41) is 0. The maximum Gasteiger partial charge on any atom is 0.321 e. The summed E-state index contributed by atoms with van der Waals surface area (Å²) in [6.07, 6.45) is 2.06. The van der Waals surface area contributed by atoms with Crippen molar-refractivity contribution < 1.29 is 13.6 Å². The number of urea groups is 1. The van der Waals surface area contributed by atoms with E-state index < -0.39 is 5.92 Å². The average molecular weight is 247 g/mol. The number of likely N-dealkylation sites (tertiary alicyclic amines) is 2. The largest absolute Gasteiger partial charge is 0.324 e. The van der Waals surface area contributed by atoms with E-state index in [0.29, 0.717) is 6.54 Å². The van der Waals surface area contributed by atoms with Crippen LogP contribution in [0, 0.1) is 0 Å². The van der Waals surface area contributed by atoms with E-state index in [-0.39, 0.29) is 38.1 Å². The van der Waals surface area contributed by atoms with Gasteiger partial charge in [0, 0.05) is 32.5 Å². The molecule has 6 heteroatoms. The summed E-state index contributed by atoms with van der Waals surface area (Å²) in [4.78, 5) is 15.2. The van der Waals surface area contributed by atoms with Gasteiger partial charge in [0.05, 0.1) is 6.17 Å². The maximum atomic E-state index is 13.0. The molecule has 0 spiro atoms. The molecule has 0 aromatic heterocycles. The Morgan fingerprint density at radius 1 is 1.18 bits per heavy atom. The van der Waals surface area contributed by atoms with Crippen molar-refractivity contribution in [3.05, 3.63) is 0 Å². The minimum Gasteiger partial charge on any atom is -0.324 e. The predicted octanol–water partition coefficient (Wildman–Crippen LogP) is 1.61. The van der Waals surface area contributed by atoms with E-state index >= 15 is 0 Å². The molecule has 0 saturated carbocycles. The number of piperidine rings is 2. The Hall–Kier alpha value is -0.910. The van der Waals surface area contributed by atoms with Crippen LogP contribution in [0.5, 0.6) is 0 Å². The Labute approximate surface area is 99.7 Å². The first-order chi connectivity index (χ1) is 7.99. The van der Waals surface area contributed by atoms with Crippen LogP contribution in [0.1, 0.15) is 32.1 Å². The van der Waals surface area contributed by atoms with Crippen LogP contribution in [0.2, 0.25) is 0 Å². The molecule has 0 radical (unpaired) electrons. The molecule has 2 aliphatic rings. The minimum absolute atomic E-state index is 0.134. The standard InChI is InChI=1S/C11H19F2N3O/c12-11(13)4-7-15(8-5-11)10(17)16-6-2-1-3-9(16)14/h9H,1-8,14H2. The number of nitrogens with zero attached hydrogens (tertiary/aromatic N) is 2. The van der Waals surface area contributed by atoms with Crippen LogP contribution in [0.15, 0.2) is 0 Å². The third-order valence-electron chi connectivity index (χ3n) is 3.56. The smallest absolute Gasteiger partial charge is 0.321 e. The first-order valence-corrected chi connectivity index (χ1v) is 6.18. The number of carbonyl (C=O) groups is 1. The first-order valence-electron chi connectivity index (χ1n) is 6.18. The Morgan fingerprint density at radius 3 is 2.41 bits per heavy atom. The van der Waals surface area contributed by atoms with E-state index in [0.717, 1.165) is 19.3 Å². The number of amides is 2. The summed E-state index contributed by atoms with van der Waals surface area (Å²) < 4.78 is 26.0. The Kier molecular flexibility index (Phi) is 3.51. The molecule has 98 valence electrons. The van der Waals surface area contributed by atoms with Crippen molar-refractivity contribution in [1.29, 1.82) is 0 Å². The molecular formula is C11H19F2N3O. The second kappa shape index (κ2) is 4.76. The number of alkyl halides is 2. The van der Waals surface area contributed by atoms with Crippen molar-refractivity contribution in [3.8, 4) is 0 Å². The van der Waals surface area contributed by atoms with Gasteiger partial charge < -0.3 is 15.5 Å². The Balaban J connectivity index is 1.92. The molecule has 1 atom stereocenters. The minimum atomic E-state index is -2.61. The van der Waals surface area contributed by atoms with Gasteiger partial charge in [-0.2, -0.15) is 0 Å². The summed E-state index contributed by atoms with van der Waals surface area (Å²) in [5.41, 5.74) is 5.87. The van der Waals surface area contributed by atoms with E-state index in [9.17, 15) is 13.6 Å². The van der Waals surface area contributed by atoms with Gasteiger partial charge in [0.2, 0.25) is 0 Å². The molecule has 2 rings (SSSR count). The molecule has 17 heavy (non-hydrogen) atoms. The number of halogens is 2. The van der Waals surface area contributed by atoms with Crippen LogP contribution in [-0.4, -0.2) is 47.6 Å². The van der Waals surface area contributed by atoms with Crippen molar-refractivity contribution in [2.45, 2.75) is 44.2 Å². The molecule has 0 aliphatic carbocycles. The van der Waals surface area contributed by atoms with Crippen molar-refractivity contribution in [3.63, 3.8) is 0 Å². The van der Waals surface area contributed by atoms with Gasteiger partial charge in [-0.25, -0.2) is 13.6 Å². The molecule has 1 unspecified atom stereocenters. The molecule has 2 saturated heterocycles. The molecule has 4 nitrogen and oxygen atoms in total. The molecule has 2 N–H and O–H groups in total. The van der Waals surface area contributed by atoms with Gasteiger partial charge in [-0.05, 0) is 19.3 Å². The highest BCUT2D eigenvalue weighted by Gasteiger charge is 2.37. The summed E-state index contributed by atoms with van der Waals surface area (Å²) in [6.45, 7) is 0.914. The van der Waals surface area contributed by atoms with Crippen LogP contribution >= 0.6 is 0 Å². The highest BCUT2D eigenvalue weighted by Crippen LogP contribution is 2.28. The summed E-state index contributed by atoms with van der Waals surface area (Å²) in [7, 11) is 0. The summed E-state index contributed by atoms with van der Waals surface area (Å²) in [6, 6.07) is -0.173. The lowest BCUT2D eigenvalue weighted by Gasteiger charge is -2.39. The fraction of sp³-hybridized carbons (Fsp3) is 0.909. The third-order valence-corrected chi connectivity index (χ3v) is 3.56. The second-order valence-electron chi connectivity index (χ2n) is 4.88. The van der Waals surface area contributed by atoms with Crippen LogP contribution < -0.4 is 5.73 Å². The van der Waals surface area contributed by atoms with Crippen molar-refractivity contribution in [2.24, 2.45) is 5.73 Å². The molecule has 2 amide bonds. The number of nitrogens with two attached hydrogens (primary N) is 1. The van der Waals surface area contributed by atoms with Gasteiger partial charge in [-0.15, -0.1) is 0 Å². The van der Waals surface area contributed by atoms with E-state index in [1.807, 2.05) is 0 Å². The van der Waals surface area contributed by atoms with Gasteiger partial charge in [-0.1, -0.05) is 0 Å². The molecule has 2 aliphatic heterocycles. The maximum absolute atomic E-state index is 13.0. The monoisotopic (exact) mass is 247 g/mol. The van der Waals surface area contributed by atoms with Gasteiger partial charge >= 0.3 is 6.03 Å². The number of rotatable bonds is 0. The number of carbonyl (C=O) groups excluding carboxylic acids is 1. The molecule has 2 fully saturated rings. The van der Waals surface area contributed by atoms with Crippen molar-refractivity contribution >= 4 is 6.03 Å². The lowest BCUT2D eigenvalue weighted by Crippen LogP contribution is -2.55. The van der Waals surface area contributed by atoms with Crippen LogP contribution in [0.25, 0.3) is 0 Å². The zero-order valence-corrected chi connectivity index (χ0v) is 9.87. The third kappa shape index (κ3) is 2.86. The fourth-order valence-corrected chi connectivity index (χ4v) is 2.40. The lowest BCUT2D eigenvalue weighted by molar-refractivity contribution is -0.0502. The quantitative estimate of drug-likeness (QED) is 0.707. The van der Waals surface area contributed by atoms with Crippen LogP contribution in [-0.2, 0) is 0 Å². The first kappa shape index (κ1) is 12.5. The van der Waals surface area contributed by atoms with E-state index in [1.54, 1.807) is 4.90 Å². The molecular weight excluding hydrogens is 228 g/mol. The predicted molar refractivity (Wildman–Crippen MR) is 59.7 cm³/mol. The van der Waals surface area contributed by atoms with E-state index in [2.05, 4.69) is 0 Å². The topological polar surface area (TPSA) is 49.6 Å². The van der Waals surface area contributed by atoms with Crippen molar-refractivity contribution in [2.75, 3.05) is 19.6 Å². The van der Waals surface area contributed by atoms with Gasteiger partial charge in [0.15, 0.2) is 0 Å². The van der Waals surface area contributed by atoms with Crippen LogP contribution in [0.3, 0.4) is 0 Å². The summed E-state index contributed by atoms with van der Waals surface area (Å²) >= 11 is 0. The lowest BCUT2D eigenvalue weighted by atomic mass is 10.1. The Morgan fingerprint density at radius 2 is 1.82 bits per heavy atom. The molecule has 2 heterocycles. The number of hydrogen-bond donors (Lipinski definition) is 1. The van der Waals surface area contributed by atoms with Gasteiger partial charge in [0.1, 0.15) is 0 Å². The highest BCUT2D eigenvalue weighted by molar-refractivity contribution is 5.75. The summed E-state index contributed by atoms with van der Waals surface area (Å²) in [5.74, 6) is -2.61. The van der Waals surface area contributed by atoms with E-state index in [4.69, 9.17) is 5.73 Å². The molecule has 0 aromatic rings. The van der Waals surface area contributed by atoms with Crippen LogP contribution in [0.4, 0.5) is 13.6 Å². The second-order valence-corrected chi connectivity index (χ2v) is 4.88. The Bertz CT molecular complexity index is 288. The highest BCUT2D eigenvalue weighted by atomic mass is 19.3. The van der Waals surface area contributed by atoms with E-state index in [1.165, 1.54) is 4.90 Å². The zero-order valence-electron chi connectivity index (χ0n) is 9.87. The normalized spacial score (nSPS) is 29.2. The molecule has 0 bridgehead atoms. The van der Waals surface area contributed by atoms with Gasteiger partial charge in [0.25, 0.3) is 5.92 Å². The fourth-order valence-electron chi connectivity index (χ4n) is 2.40. The average Bonchev–Trinajstić information content (AvgIpc) is 2.29. The number of hydrogen-bond acceptors (Lipinski definition) is 2. The zero-order chi connectivity index (χ0) is 12.5. The SMILES string of the molecule is NC1CCCCN1C(=O)N1CCC(F)(F)CC1. The van der Waals surface area contributed by atoms with Crippen molar-refractivity contribution in [1.82, 2.24) is 9.80 Å².